The SMILES string of the molecule is Cc1cc(O)c2c(c1)C(=O)c1c(c3c(c4c(NC[C@H](C)O)nccc14)CC[C@@]1(O3)O[C@H](CO)[C@@H](O)[C@H](O)[C@H]1O)C2=O. The van der Waals surface area contributed by atoms with Crippen molar-refractivity contribution in [2.45, 2.75) is 63.0 Å². The van der Waals surface area contributed by atoms with E-state index < -0.39 is 54.5 Å². The fourth-order valence-electron chi connectivity index (χ4n) is 6.14. The van der Waals surface area contributed by atoms with Gasteiger partial charge in [0.15, 0.2) is 5.78 Å². The second-order valence-corrected chi connectivity index (χ2v) is 10.9. The number of hydrogen-bond donors (Lipinski definition) is 7. The van der Waals surface area contributed by atoms with Gasteiger partial charge in [-0.15, -0.1) is 0 Å². The van der Waals surface area contributed by atoms with E-state index in [0.29, 0.717) is 27.7 Å². The lowest BCUT2D eigenvalue weighted by Crippen LogP contribution is -2.68. The number of pyridine rings is 1. The lowest BCUT2D eigenvalue weighted by Gasteiger charge is -2.50. The van der Waals surface area contributed by atoms with E-state index in [4.69, 9.17) is 9.47 Å². The molecule has 41 heavy (non-hydrogen) atoms. The highest BCUT2D eigenvalue weighted by atomic mass is 16.7. The molecule has 1 aliphatic carbocycles. The molecule has 2 aromatic carbocycles. The molecule has 0 radical (unpaired) electrons. The van der Waals surface area contributed by atoms with Crippen molar-refractivity contribution in [2.24, 2.45) is 0 Å². The Morgan fingerprint density at radius 2 is 1.88 bits per heavy atom. The Morgan fingerprint density at radius 3 is 2.59 bits per heavy atom. The molecule has 6 atom stereocenters. The normalized spacial score (nSPS) is 27.7. The number of phenolic OH excluding ortho intramolecular Hbond substituents is 1. The van der Waals surface area contributed by atoms with Crippen molar-refractivity contribution in [2.75, 3.05) is 18.5 Å². The molecular formula is C29H30N2O10. The topological polar surface area (TPSA) is 199 Å². The average Bonchev–Trinajstić information content (AvgIpc) is 2.94. The molecular weight excluding hydrogens is 536 g/mol. The zero-order valence-electron chi connectivity index (χ0n) is 22.3. The summed E-state index contributed by atoms with van der Waals surface area (Å²) in [5.41, 5.74) is 0.727. The number of aromatic nitrogens is 1. The molecule has 2 aliphatic heterocycles. The summed E-state index contributed by atoms with van der Waals surface area (Å²) in [4.78, 5) is 32.6. The van der Waals surface area contributed by atoms with Crippen molar-refractivity contribution in [1.29, 1.82) is 0 Å². The maximum atomic E-state index is 14.1. The highest BCUT2D eigenvalue weighted by Crippen LogP contribution is 2.50. The molecule has 12 heteroatoms. The number of anilines is 1. The van der Waals surface area contributed by atoms with Crippen LogP contribution in [0.15, 0.2) is 24.4 Å². The van der Waals surface area contributed by atoms with Crippen LogP contribution in [0, 0.1) is 6.92 Å². The lowest BCUT2D eigenvalue weighted by atomic mass is 9.77. The van der Waals surface area contributed by atoms with E-state index >= 15 is 0 Å². The van der Waals surface area contributed by atoms with E-state index in [1.165, 1.54) is 18.3 Å². The molecule has 3 heterocycles. The van der Waals surface area contributed by atoms with Gasteiger partial charge in [0, 0.05) is 41.2 Å². The van der Waals surface area contributed by atoms with Crippen molar-refractivity contribution in [3.63, 3.8) is 0 Å². The van der Waals surface area contributed by atoms with Gasteiger partial charge in [-0.25, -0.2) is 4.98 Å². The zero-order chi connectivity index (χ0) is 29.4. The van der Waals surface area contributed by atoms with Crippen molar-refractivity contribution < 1.29 is 49.7 Å². The third kappa shape index (κ3) is 4.02. The highest BCUT2D eigenvalue weighted by Gasteiger charge is 2.57. The fraction of sp³-hybridized carbons (Fsp3) is 0.414. The molecule has 1 saturated heterocycles. The molecule has 6 rings (SSSR count). The number of ketones is 2. The quantitative estimate of drug-likeness (QED) is 0.179. The van der Waals surface area contributed by atoms with Crippen LogP contribution in [0.5, 0.6) is 11.5 Å². The van der Waals surface area contributed by atoms with Gasteiger partial charge < -0.3 is 45.4 Å². The number of nitrogens with one attached hydrogen (secondary N) is 1. The summed E-state index contributed by atoms with van der Waals surface area (Å²) in [6.07, 6.45) is -5.62. The van der Waals surface area contributed by atoms with E-state index in [0.717, 1.165) is 0 Å². The number of ether oxygens (including phenoxy) is 2. The number of fused-ring (bicyclic) bond motifs is 7. The van der Waals surface area contributed by atoms with Crippen LogP contribution >= 0.6 is 0 Å². The van der Waals surface area contributed by atoms with Crippen LogP contribution in [0.1, 0.15) is 56.3 Å². The fourth-order valence-corrected chi connectivity index (χ4v) is 6.14. The smallest absolute Gasteiger partial charge is 0.240 e. The van der Waals surface area contributed by atoms with Gasteiger partial charge in [0.25, 0.3) is 0 Å². The number of benzene rings is 2. The van der Waals surface area contributed by atoms with Gasteiger partial charge in [-0.1, -0.05) is 0 Å². The Hall–Kier alpha value is -3.65. The van der Waals surface area contributed by atoms with Crippen LogP contribution in [0.4, 0.5) is 5.82 Å². The van der Waals surface area contributed by atoms with Crippen molar-refractivity contribution >= 4 is 28.2 Å². The third-order valence-corrected chi connectivity index (χ3v) is 8.06. The number of rotatable bonds is 4. The Bertz CT molecular complexity index is 1600. The van der Waals surface area contributed by atoms with Gasteiger partial charge in [0.05, 0.1) is 23.8 Å². The van der Waals surface area contributed by atoms with Gasteiger partial charge in [-0.05, 0) is 49.4 Å². The van der Waals surface area contributed by atoms with Crippen LogP contribution in [0.2, 0.25) is 0 Å². The monoisotopic (exact) mass is 566 g/mol. The molecule has 3 aliphatic rings. The molecule has 1 spiro atoms. The van der Waals surface area contributed by atoms with Crippen molar-refractivity contribution in [3.8, 4) is 11.5 Å². The van der Waals surface area contributed by atoms with Crippen LogP contribution in [0.25, 0.3) is 10.8 Å². The lowest BCUT2D eigenvalue weighted by molar-refractivity contribution is -0.342. The van der Waals surface area contributed by atoms with E-state index in [9.17, 15) is 40.2 Å². The average molecular weight is 567 g/mol. The first-order chi connectivity index (χ1) is 19.5. The van der Waals surface area contributed by atoms with E-state index in [-0.39, 0.29) is 53.1 Å². The first kappa shape index (κ1) is 27.5. The molecule has 3 aromatic rings. The molecule has 1 aromatic heterocycles. The number of aromatic hydroxyl groups is 1. The van der Waals surface area contributed by atoms with Crippen LogP contribution < -0.4 is 10.1 Å². The number of aryl methyl sites for hydroxylation is 2. The van der Waals surface area contributed by atoms with Crippen LogP contribution in [-0.2, 0) is 11.2 Å². The summed E-state index contributed by atoms with van der Waals surface area (Å²) in [5.74, 6) is -3.34. The molecule has 1 fully saturated rings. The Balaban J connectivity index is 1.64. The summed E-state index contributed by atoms with van der Waals surface area (Å²) in [6, 6.07) is 4.51. The highest BCUT2D eigenvalue weighted by molar-refractivity contribution is 6.34. The Morgan fingerprint density at radius 1 is 1.12 bits per heavy atom. The second kappa shape index (κ2) is 9.72. The first-order valence-electron chi connectivity index (χ1n) is 13.3. The van der Waals surface area contributed by atoms with E-state index in [2.05, 4.69) is 10.3 Å². The minimum atomic E-state index is -1.98. The van der Waals surface area contributed by atoms with E-state index in [1.54, 1.807) is 19.9 Å². The van der Waals surface area contributed by atoms with Crippen LogP contribution in [0.3, 0.4) is 0 Å². The first-order valence-corrected chi connectivity index (χ1v) is 13.3. The number of carbonyl (C=O) groups excluding carboxylic acids is 2. The number of hydrogen-bond acceptors (Lipinski definition) is 12. The maximum Gasteiger partial charge on any atom is 0.240 e. The van der Waals surface area contributed by atoms with Crippen molar-refractivity contribution in [1.82, 2.24) is 4.98 Å². The number of aliphatic hydroxyl groups is 5. The molecule has 0 saturated carbocycles. The number of aliphatic hydroxyl groups excluding tert-OH is 5. The zero-order valence-corrected chi connectivity index (χ0v) is 22.3. The second-order valence-electron chi connectivity index (χ2n) is 10.9. The standard InChI is InChI=1S/C29H30N2O10/c1-11-7-15-19(16(34)8-11)24(37)21-20(22(15)35)13-4-6-30-28(31-9-12(2)33)18(13)14-3-5-29(41-26(14)21)27(39)25(38)23(36)17(10-32)40-29/h4,6-8,12,17,23,25,27,32-34,36,38-39H,3,5,9-10H2,1-2H3,(H,30,31)/t12-,17+,23+,25-,27+,29-/m0/s1. The predicted octanol–water partition coefficient (Wildman–Crippen LogP) is 0.312. The number of phenols is 1. The molecule has 12 nitrogen and oxygen atoms in total. The van der Waals surface area contributed by atoms with E-state index in [1.807, 2.05) is 0 Å². The summed E-state index contributed by atoms with van der Waals surface area (Å²) < 4.78 is 12.2. The van der Waals surface area contributed by atoms with Gasteiger partial charge in [0.1, 0.15) is 41.7 Å². The Labute approximate surface area is 233 Å². The van der Waals surface area contributed by atoms with Gasteiger partial charge >= 0.3 is 0 Å². The third-order valence-electron chi connectivity index (χ3n) is 8.06. The van der Waals surface area contributed by atoms with Gasteiger partial charge in [0.2, 0.25) is 11.6 Å². The largest absolute Gasteiger partial charge is 0.507 e. The molecule has 0 amide bonds. The molecule has 7 N–H and O–H groups in total. The van der Waals surface area contributed by atoms with Crippen LogP contribution in [-0.4, -0.2) is 96.6 Å². The molecule has 216 valence electrons. The number of carbonyl (C=O) groups is 2. The van der Waals surface area contributed by atoms with Gasteiger partial charge in [-0.3, -0.25) is 9.59 Å². The Kier molecular flexibility index (Phi) is 6.53. The molecule has 0 unspecified atom stereocenters. The summed E-state index contributed by atoms with van der Waals surface area (Å²) in [6.45, 7) is 2.73. The maximum absolute atomic E-state index is 14.1. The molecule has 0 bridgehead atoms. The minimum absolute atomic E-state index is 0.00499. The van der Waals surface area contributed by atoms with Gasteiger partial charge in [-0.2, -0.15) is 0 Å². The van der Waals surface area contributed by atoms with Crippen molar-refractivity contribution in [3.05, 3.63) is 57.8 Å². The summed E-state index contributed by atoms with van der Waals surface area (Å²) in [7, 11) is 0. The number of nitrogens with zero attached hydrogens (tertiary/aromatic N) is 1. The minimum Gasteiger partial charge on any atom is -0.507 e. The summed E-state index contributed by atoms with van der Waals surface area (Å²) >= 11 is 0. The summed E-state index contributed by atoms with van der Waals surface area (Å²) in [5, 5.41) is 66.3. The predicted molar refractivity (Wildman–Crippen MR) is 143 cm³/mol.